The Hall–Kier alpha value is 0.187. The first kappa shape index (κ1) is 27.8. The maximum atomic E-state index is 6.81. The Kier molecular flexibility index (Phi) is 9.67. The number of fused-ring (bicyclic) bond motifs is 1. The van der Waals surface area contributed by atoms with Gasteiger partial charge >= 0.3 is 0 Å². The molecule has 0 aliphatic carbocycles. The van der Waals surface area contributed by atoms with Crippen LogP contribution in [0, 0.1) is 0 Å². The van der Waals surface area contributed by atoms with E-state index in [4.69, 9.17) is 49.2 Å². The minimum absolute atomic E-state index is 0.0814. The van der Waals surface area contributed by atoms with Gasteiger partial charge < -0.3 is 37.6 Å². The van der Waals surface area contributed by atoms with Crippen molar-refractivity contribution in [1.82, 2.24) is 0 Å². The molecule has 0 amide bonds. The van der Waals surface area contributed by atoms with Gasteiger partial charge in [-0.1, -0.05) is 0 Å². The van der Waals surface area contributed by atoms with Gasteiger partial charge in [0.2, 0.25) is 0 Å². The van der Waals surface area contributed by atoms with Crippen LogP contribution in [0.5, 0.6) is 0 Å². The number of hydrogen-bond donors (Lipinski definition) is 0. The molecule has 0 spiro atoms. The highest BCUT2D eigenvalue weighted by atomic mass is 35.5. The van der Waals surface area contributed by atoms with Crippen molar-refractivity contribution in [1.29, 1.82) is 0 Å². The van der Waals surface area contributed by atoms with Crippen LogP contribution in [0.4, 0.5) is 0 Å². The molecule has 3 saturated heterocycles. The monoisotopic (exact) mass is 510 g/mol. The van der Waals surface area contributed by atoms with Crippen molar-refractivity contribution in [3.8, 4) is 0 Å². The zero-order chi connectivity index (χ0) is 24.3. The van der Waals surface area contributed by atoms with Gasteiger partial charge in [-0.25, -0.2) is 0 Å². The third-order valence-electron chi connectivity index (χ3n) is 6.71. The average Bonchev–Trinajstić information content (AvgIpc) is 3.50. The molecule has 3 heterocycles. The number of hydrogen-bond acceptors (Lipinski definition) is 8. The molecule has 8 nitrogen and oxygen atoms in total. The van der Waals surface area contributed by atoms with E-state index in [0.717, 1.165) is 19.3 Å². The van der Waals surface area contributed by atoms with Gasteiger partial charge in [-0.2, -0.15) is 0 Å². The fourth-order valence-corrected chi connectivity index (χ4v) is 7.05. The van der Waals surface area contributed by atoms with Gasteiger partial charge in [0, 0.05) is 27.1 Å². The lowest BCUT2D eigenvalue weighted by atomic mass is 9.86. The Morgan fingerprint density at radius 1 is 1.00 bits per heavy atom. The summed E-state index contributed by atoms with van der Waals surface area (Å²) in [6, 6.07) is 0. The predicted molar refractivity (Wildman–Crippen MR) is 127 cm³/mol. The summed E-state index contributed by atoms with van der Waals surface area (Å²) in [7, 11) is 1.39. The van der Waals surface area contributed by atoms with Crippen LogP contribution in [0.2, 0.25) is 19.6 Å². The number of alkyl halides is 1. The van der Waals surface area contributed by atoms with Crippen LogP contribution >= 0.6 is 11.6 Å². The fraction of sp³-hybridized carbons (Fsp3) is 1.00. The molecule has 0 bridgehead atoms. The summed E-state index contributed by atoms with van der Waals surface area (Å²) in [5, 5.41) is 0. The molecule has 10 heteroatoms. The first-order valence-corrected chi connectivity index (χ1v) is 15.9. The second-order valence-electron chi connectivity index (χ2n) is 10.9. The molecule has 0 aromatic heterocycles. The lowest BCUT2D eigenvalue weighted by molar-refractivity contribution is -0.276. The average molecular weight is 511 g/mol. The van der Waals surface area contributed by atoms with E-state index in [2.05, 4.69) is 26.6 Å². The molecular weight excluding hydrogens is 468 g/mol. The smallest absolute Gasteiger partial charge is 0.184 e. The van der Waals surface area contributed by atoms with Crippen molar-refractivity contribution in [2.45, 2.75) is 107 Å². The Bertz CT molecular complexity index is 622. The minimum atomic E-state index is -1.83. The van der Waals surface area contributed by atoms with E-state index < -0.39 is 19.5 Å². The molecule has 0 N–H and O–H groups in total. The van der Waals surface area contributed by atoms with E-state index in [1.54, 1.807) is 14.2 Å². The maximum Gasteiger partial charge on any atom is 0.184 e. The Labute approximate surface area is 204 Å². The Morgan fingerprint density at radius 2 is 1.73 bits per heavy atom. The van der Waals surface area contributed by atoms with Crippen molar-refractivity contribution < 1.29 is 37.6 Å². The van der Waals surface area contributed by atoms with E-state index in [-0.39, 0.29) is 50.2 Å². The molecule has 3 aliphatic heterocycles. The molecule has 3 rings (SSSR count). The van der Waals surface area contributed by atoms with E-state index in [9.17, 15) is 0 Å². The highest BCUT2D eigenvalue weighted by Gasteiger charge is 2.54. The molecule has 0 aromatic carbocycles. The van der Waals surface area contributed by atoms with E-state index in [0.29, 0.717) is 18.9 Å². The van der Waals surface area contributed by atoms with Crippen LogP contribution in [0.25, 0.3) is 0 Å². The van der Waals surface area contributed by atoms with Crippen molar-refractivity contribution in [3.05, 3.63) is 0 Å². The van der Waals surface area contributed by atoms with Gasteiger partial charge in [-0.05, 0) is 46.3 Å². The van der Waals surface area contributed by atoms with Gasteiger partial charge in [-0.15, -0.1) is 11.6 Å². The van der Waals surface area contributed by atoms with Crippen LogP contribution in [0.3, 0.4) is 0 Å². The molecule has 0 saturated carbocycles. The van der Waals surface area contributed by atoms with Crippen molar-refractivity contribution in [3.63, 3.8) is 0 Å². The summed E-state index contributed by atoms with van der Waals surface area (Å²) in [5.41, 5.74) is -1.05. The number of ether oxygens (including phenoxy) is 7. The molecular formula is C23H43ClO8Si. The van der Waals surface area contributed by atoms with Crippen LogP contribution in [-0.2, 0) is 37.6 Å². The fourth-order valence-electron chi connectivity index (χ4n) is 5.15. The van der Waals surface area contributed by atoms with Crippen molar-refractivity contribution in [2.75, 3.05) is 40.3 Å². The lowest BCUT2D eigenvalue weighted by Crippen LogP contribution is -2.59. The molecule has 3 aliphatic rings. The lowest BCUT2D eigenvalue weighted by Gasteiger charge is -2.47. The zero-order valence-electron chi connectivity index (χ0n) is 21.3. The number of methoxy groups -OCH3 is 2. The highest BCUT2D eigenvalue weighted by molar-refractivity contribution is 6.69. The van der Waals surface area contributed by atoms with Crippen LogP contribution in [0.1, 0.15) is 39.5 Å². The van der Waals surface area contributed by atoms with Gasteiger partial charge in [0.15, 0.2) is 8.32 Å². The molecule has 3 fully saturated rings. The van der Waals surface area contributed by atoms with E-state index in [1.807, 2.05) is 6.92 Å². The van der Waals surface area contributed by atoms with Gasteiger partial charge in [0.1, 0.15) is 19.2 Å². The van der Waals surface area contributed by atoms with Crippen LogP contribution < -0.4 is 0 Å². The second-order valence-corrected chi connectivity index (χ2v) is 15.6. The third kappa shape index (κ3) is 7.35. The van der Waals surface area contributed by atoms with E-state index >= 15 is 0 Å². The largest absolute Gasteiger partial charge is 0.410 e. The Morgan fingerprint density at radius 3 is 2.33 bits per heavy atom. The molecule has 0 unspecified atom stereocenters. The summed E-state index contributed by atoms with van der Waals surface area (Å²) in [6.45, 7) is 11.6. The van der Waals surface area contributed by atoms with Crippen molar-refractivity contribution in [2.24, 2.45) is 0 Å². The topological polar surface area (TPSA) is 77.1 Å². The van der Waals surface area contributed by atoms with Crippen LogP contribution in [-0.4, -0.2) is 96.4 Å². The summed E-state index contributed by atoms with van der Waals surface area (Å²) in [6.07, 6.45) is 2.80. The normalized spacial score (nSPS) is 41.5. The molecule has 33 heavy (non-hydrogen) atoms. The number of halogens is 1. The molecule has 0 radical (unpaired) electrons. The Balaban J connectivity index is 1.79. The SMILES string of the molecule is COCOC[C@@]1(C)O[C@H]2CC[C@@](C)(O[Si](C)(C)C)[C@H](C[C@H]3O[C@@H]3CCl)O[C@@H]2C[C@@H]1OCOC. The summed E-state index contributed by atoms with van der Waals surface area (Å²) >= 11 is 6.02. The second kappa shape index (κ2) is 11.5. The summed E-state index contributed by atoms with van der Waals surface area (Å²) in [5.74, 6) is 0.505. The first-order chi connectivity index (χ1) is 15.5. The first-order valence-electron chi connectivity index (χ1n) is 12.0. The summed E-state index contributed by atoms with van der Waals surface area (Å²) in [4.78, 5) is 0. The van der Waals surface area contributed by atoms with Gasteiger partial charge in [0.05, 0.1) is 54.7 Å². The van der Waals surface area contributed by atoms with Gasteiger partial charge in [0.25, 0.3) is 0 Å². The molecule has 8 atom stereocenters. The van der Waals surface area contributed by atoms with Crippen molar-refractivity contribution >= 4 is 19.9 Å². The third-order valence-corrected chi connectivity index (χ3v) is 8.09. The highest BCUT2D eigenvalue weighted by Crippen LogP contribution is 2.44. The maximum absolute atomic E-state index is 6.81. The molecule has 194 valence electrons. The summed E-state index contributed by atoms with van der Waals surface area (Å²) < 4.78 is 48.0. The zero-order valence-corrected chi connectivity index (χ0v) is 23.0. The quantitative estimate of drug-likeness (QED) is 0.129. The molecule has 0 aromatic rings. The van der Waals surface area contributed by atoms with Crippen LogP contribution in [0.15, 0.2) is 0 Å². The predicted octanol–water partition coefficient (Wildman–Crippen LogP) is 3.70. The van der Waals surface area contributed by atoms with Gasteiger partial charge in [-0.3, -0.25) is 0 Å². The van der Waals surface area contributed by atoms with E-state index in [1.165, 1.54) is 0 Å². The standard InChI is InChI=1S/C23H43ClO8Si/c1-22(32-33(5,6)7)9-8-16-17(30-21(22)11-18-19(12-24)29-18)10-20(28-15-26-4)23(2,31-16)13-27-14-25-3/h16-21H,8-15H2,1-7H3/t16-,17+,18+,19+,20-,21-,22+,23+/m0/s1. The number of rotatable bonds is 12. The number of epoxide rings is 1. The minimum Gasteiger partial charge on any atom is -0.410 e.